The van der Waals surface area contributed by atoms with Gasteiger partial charge in [0, 0.05) is 33.0 Å². The van der Waals surface area contributed by atoms with Gasteiger partial charge in [0.25, 0.3) is 0 Å². The lowest BCUT2D eigenvalue weighted by atomic mass is 9.97. The quantitative estimate of drug-likeness (QED) is 0.171. The summed E-state index contributed by atoms with van der Waals surface area (Å²) in [5, 5.41) is 7.20. The predicted molar refractivity (Wildman–Crippen MR) is 236 cm³/mol. The van der Waals surface area contributed by atoms with Crippen molar-refractivity contribution in [3.8, 4) is 62.1 Å². The summed E-state index contributed by atoms with van der Waals surface area (Å²) in [6.45, 7) is 0. The summed E-state index contributed by atoms with van der Waals surface area (Å²) in [6, 6.07) is 73.0. The first-order chi connectivity index (χ1) is 28.2. The first-order valence-electron chi connectivity index (χ1n) is 19.3. The topological polar surface area (TPSA) is 43.6 Å². The van der Waals surface area contributed by atoms with Crippen LogP contribution in [0.2, 0.25) is 0 Å². The van der Waals surface area contributed by atoms with E-state index in [9.17, 15) is 0 Å². The molecule has 2 heterocycles. The Hall–Kier alpha value is -7.69. The van der Waals surface area contributed by atoms with E-state index < -0.39 is 0 Å². The van der Waals surface area contributed by atoms with Gasteiger partial charge in [-0.05, 0) is 80.7 Å². The zero-order valence-corrected chi connectivity index (χ0v) is 30.9. The number of nitrogens with zero attached hydrogens (tertiary/aromatic N) is 4. The van der Waals surface area contributed by atoms with E-state index in [1.54, 1.807) is 0 Å². The lowest BCUT2D eigenvalue weighted by molar-refractivity contribution is 1.07. The Morgan fingerprint density at radius 2 is 0.772 bits per heavy atom. The van der Waals surface area contributed by atoms with Gasteiger partial charge in [-0.2, -0.15) is 0 Å². The van der Waals surface area contributed by atoms with Crippen molar-refractivity contribution in [1.29, 1.82) is 0 Å². The Morgan fingerprint density at radius 1 is 0.281 bits per heavy atom. The summed E-state index contributed by atoms with van der Waals surface area (Å²) < 4.78 is 2.42. The number of benzene rings is 9. The van der Waals surface area contributed by atoms with Crippen LogP contribution in [0, 0.1) is 0 Å². The molecule has 0 unspecified atom stereocenters. The van der Waals surface area contributed by atoms with Crippen molar-refractivity contribution in [1.82, 2.24) is 19.5 Å². The molecule has 11 aromatic rings. The SMILES string of the molecule is c1ccc(-c2ccc(-c3cc(-c4nc(-c5ccccc5)nc(-c5ccc6ccccc6c5)n4)ccc3-n3c4ccccc4c4cc5ccccc5cc43)cc2)cc1. The highest BCUT2D eigenvalue weighted by Crippen LogP contribution is 2.40. The van der Waals surface area contributed by atoms with Crippen molar-refractivity contribution in [2.45, 2.75) is 0 Å². The zero-order chi connectivity index (χ0) is 37.7. The smallest absolute Gasteiger partial charge is 0.164 e. The summed E-state index contributed by atoms with van der Waals surface area (Å²) in [6.07, 6.45) is 0. The average Bonchev–Trinajstić information content (AvgIpc) is 3.61. The number of fused-ring (bicyclic) bond motifs is 5. The molecule has 0 N–H and O–H groups in total. The number of rotatable bonds is 6. The molecule has 0 aliphatic heterocycles. The lowest BCUT2D eigenvalue weighted by Gasteiger charge is -2.17. The first kappa shape index (κ1) is 32.7. The van der Waals surface area contributed by atoms with Gasteiger partial charge >= 0.3 is 0 Å². The highest BCUT2D eigenvalue weighted by atomic mass is 15.0. The minimum atomic E-state index is 0.619. The molecular weight excluding hydrogens is 693 g/mol. The highest BCUT2D eigenvalue weighted by molar-refractivity contribution is 6.14. The second-order valence-corrected chi connectivity index (χ2v) is 14.5. The third-order valence-corrected chi connectivity index (χ3v) is 11.0. The van der Waals surface area contributed by atoms with Gasteiger partial charge in [0.05, 0.1) is 16.7 Å². The minimum Gasteiger partial charge on any atom is -0.309 e. The van der Waals surface area contributed by atoms with E-state index in [2.05, 4.69) is 193 Å². The van der Waals surface area contributed by atoms with Crippen molar-refractivity contribution in [2.75, 3.05) is 0 Å². The molecule has 57 heavy (non-hydrogen) atoms. The van der Waals surface area contributed by atoms with Crippen LogP contribution in [-0.2, 0) is 0 Å². The van der Waals surface area contributed by atoms with Gasteiger partial charge in [-0.15, -0.1) is 0 Å². The Labute approximate surface area is 330 Å². The van der Waals surface area contributed by atoms with Gasteiger partial charge in [0.15, 0.2) is 17.5 Å². The summed E-state index contributed by atoms with van der Waals surface area (Å²) in [4.78, 5) is 15.4. The third kappa shape index (κ3) is 5.83. The van der Waals surface area contributed by atoms with Crippen LogP contribution >= 0.6 is 0 Å². The molecule has 11 rings (SSSR count). The molecule has 0 spiro atoms. The van der Waals surface area contributed by atoms with E-state index in [-0.39, 0.29) is 0 Å². The molecular formula is C53H34N4. The van der Waals surface area contributed by atoms with Gasteiger partial charge in [0.2, 0.25) is 0 Å². The van der Waals surface area contributed by atoms with E-state index in [4.69, 9.17) is 15.0 Å². The molecule has 0 fully saturated rings. The van der Waals surface area contributed by atoms with Gasteiger partial charge in [-0.25, -0.2) is 15.0 Å². The van der Waals surface area contributed by atoms with Crippen LogP contribution in [0.1, 0.15) is 0 Å². The standard InChI is InChI=1S/C53H34N4/c1-3-13-35(14-4-1)37-23-26-38(27-24-37)46-33-44(29-30-49(46)57-48-22-12-11-21-45(48)47-32-41-19-9-10-20-42(41)34-50(47)57)53-55-51(39-16-5-2-6-17-39)54-52(56-53)43-28-25-36-15-7-8-18-40(36)31-43/h1-34H. The van der Waals surface area contributed by atoms with Crippen LogP contribution in [-0.4, -0.2) is 19.5 Å². The van der Waals surface area contributed by atoms with Crippen LogP contribution in [0.5, 0.6) is 0 Å². The van der Waals surface area contributed by atoms with E-state index in [1.165, 1.54) is 38.1 Å². The molecule has 0 saturated heterocycles. The van der Waals surface area contributed by atoms with E-state index >= 15 is 0 Å². The highest BCUT2D eigenvalue weighted by Gasteiger charge is 2.19. The first-order valence-corrected chi connectivity index (χ1v) is 19.3. The maximum Gasteiger partial charge on any atom is 0.164 e. The predicted octanol–water partition coefficient (Wildman–Crippen LogP) is 13.6. The van der Waals surface area contributed by atoms with Gasteiger partial charge in [0.1, 0.15) is 0 Å². The van der Waals surface area contributed by atoms with Crippen molar-refractivity contribution in [3.63, 3.8) is 0 Å². The van der Waals surface area contributed by atoms with Crippen LogP contribution in [0.4, 0.5) is 0 Å². The molecule has 266 valence electrons. The van der Waals surface area contributed by atoms with Crippen LogP contribution in [0.3, 0.4) is 0 Å². The second-order valence-electron chi connectivity index (χ2n) is 14.5. The fourth-order valence-corrected chi connectivity index (χ4v) is 8.17. The summed E-state index contributed by atoms with van der Waals surface area (Å²) in [7, 11) is 0. The second kappa shape index (κ2) is 13.6. The normalized spacial score (nSPS) is 11.5. The average molecular weight is 727 g/mol. The van der Waals surface area contributed by atoms with Crippen molar-refractivity contribution < 1.29 is 0 Å². The Balaban J connectivity index is 1.15. The maximum atomic E-state index is 5.19. The molecule has 0 radical (unpaired) electrons. The largest absolute Gasteiger partial charge is 0.309 e. The Kier molecular flexibility index (Phi) is 7.78. The zero-order valence-electron chi connectivity index (χ0n) is 30.9. The molecule has 4 nitrogen and oxygen atoms in total. The molecule has 0 bridgehead atoms. The maximum absolute atomic E-state index is 5.19. The fraction of sp³-hybridized carbons (Fsp3) is 0. The molecule has 9 aromatic carbocycles. The summed E-state index contributed by atoms with van der Waals surface area (Å²) in [5.41, 5.74) is 10.7. The van der Waals surface area contributed by atoms with E-state index in [1.807, 2.05) is 18.2 Å². The van der Waals surface area contributed by atoms with Gasteiger partial charge in [-0.1, -0.05) is 164 Å². The van der Waals surface area contributed by atoms with Crippen molar-refractivity contribution in [3.05, 3.63) is 206 Å². The monoisotopic (exact) mass is 726 g/mol. The number of aromatic nitrogens is 4. The fourth-order valence-electron chi connectivity index (χ4n) is 8.17. The number of hydrogen-bond donors (Lipinski definition) is 0. The summed E-state index contributed by atoms with van der Waals surface area (Å²) >= 11 is 0. The Bertz CT molecular complexity index is 3280. The van der Waals surface area contributed by atoms with Crippen molar-refractivity contribution >= 4 is 43.4 Å². The summed E-state index contributed by atoms with van der Waals surface area (Å²) in [5.74, 6) is 1.89. The minimum absolute atomic E-state index is 0.619. The lowest BCUT2D eigenvalue weighted by Crippen LogP contribution is -2.02. The molecule has 2 aromatic heterocycles. The molecule has 4 heteroatoms. The van der Waals surface area contributed by atoms with Crippen LogP contribution in [0.25, 0.3) is 105 Å². The number of para-hydroxylation sites is 1. The van der Waals surface area contributed by atoms with E-state index in [0.717, 1.165) is 49.9 Å². The van der Waals surface area contributed by atoms with Crippen LogP contribution in [0.15, 0.2) is 206 Å². The van der Waals surface area contributed by atoms with Crippen molar-refractivity contribution in [2.24, 2.45) is 0 Å². The molecule has 0 aliphatic carbocycles. The third-order valence-electron chi connectivity index (χ3n) is 11.0. The molecule has 0 aliphatic rings. The van der Waals surface area contributed by atoms with Gasteiger partial charge < -0.3 is 4.57 Å². The molecule has 0 saturated carbocycles. The molecule has 0 atom stereocenters. The molecule has 0 amide bonds. The Morgan fingerprint density at radius 3 is 1.49 bits per heavy atom. The van der Waals surface area contributed by atoms with Gasteiger partial charge in [-0.3, -0.25) is 0 Å². The van der Waals surface area contributed by atoms with E-state index in [0.29, 0.717) is 17.5 Å². The van der Waals surface area contributed by atoms with Crippen LogP contribution < -0.4 is 0 Å². The number of hydrogen-bond acceptors (Lipinski definition) is 3.